The lowest BCUT2D eigenvalue weighted by Gasteiger charge is -2.11. The third kappa shape index (κ3) is 30.0. The number of hydrogen-bond donors (Lipinski definition) is 0. The Hall–Kier alpha value is 0. The van der Waals surface area contributed by atoms with Crippen molar-refractivity contribution in [3.05, 3.63) is 0 Å². The normalized spacial score (nSPS) is 12.5. The van der Waals surface area contributed by atoms with Gasteiger partial charge in [0.05, 0.1) is 0 Å². The molecule has 0 aromatic carbocycles. The van der Waals surface area contributed by atoms with Crippen LogP contribution in [0.3, 0.4) is 0 Å². The van der Waals surface area contributed by atoms with Crippen molar-refractivity contribution in [1.82, 2.24) is 0 Å². The summed E-state index contributed by atoms with van der Waals surface area (Å²) < 4.78 is 0. The van der Waals surface area contributed by atoms with Crippen LogP contribution >= 0.6 is 0 Å². The van der Waals surface area contributed by atoms with Crippen LogP contribution in [0.25, 0.3) is 0 Å². The monoisotopic (exact) mass is 465 g/mol. The highest BCUT2D eigenvalue weighted by atomic mass is 14.1. The van der Waals surface area contributed by atoms with Gasteiger partial charge in [-0.05, 0) is 5.92 Å². The van der Waals surface area contributed by atoms with E-state index >= 15 is 0 Å². The second-order valence-corrected chi connectivity index (χ2v) is 11.5. The molecule has 0 rings (SSSR count). The topological polar surface area (TPSA) is 0 Å². The molecule has 33 heavy (non-hydrogen) atoms. The molecule has 0 aromatic rings. The van der Waals surface area contributed by atoms with E-state index in [9.17, 15) is 0 Å². The van der Waals surface area contributed by atoms with E-state index in [1.807, 2.05) is 0 Å². The van der Waals surface area contributed by atoms with Crippen LogP contribution in [0.1, 0.15) is 207 Å². The fourth-order valence-corrected chi connectivity index (χ4v) is 5.34. The van der Waals surface area contributed by atoms with Gasteiger partial charge in [-0.15, -0.1) is 0 Å². The zero-order valence-corrected chi connectivity index (χ0v) is 24.1. The number of rotatable bonds is 29. The summed E-state index contributed by atoms with van der Waals surface area (Å²) in [5, 5.41) is 0. The van der Waals surface area contributed by atoms with Gasteiger partial charge in [0, 0.05) is 0 Å². The molecule has 0 saturated heterocycles. The number of hydrogen-bond acceptors (Lipinski definition) is 0. The third-order valence-corrected chi connectivity index (χ3v) is 7.85. The Balaban J connectivity index is 3.13. The maximum Gasteiger partial charge on any atom is -0.0443 e. The zero-order valence-electron chi connectivity index (χ0n) is 24.1. The molecule has 0 amide bonds. The molecule has 0 aromatic heterocycles. The van der Waals surface area contributed by atoms with E-state index < -0.39 is 0 Å². The van der Waals surface area contributed by atoms with Gasteiger partial charge in [-0.2, -0.15) is 0 Å². The fourth-order valence-electron chi connectivity index (χ4n) is 5.34. The van der Waals surface area contributed by atoms with Crippen molar-refractivity contribution >= 4 is 0 Å². The van der Waals surface area contributed by atoms with Gasteiger partial charge >= 0.3 is 0 Å². The predicted octanol–water partition coefficient (Wildman–Crippen LogP) is 13.0. The van der Waals surface area contributed by atoms with E-state index in [4.69, 9.17) is 0 Å². The van der Waals surface area contributed by atoms with Gasteiger partial charge < -0.3 is 0 Å². The highest BCUT2D eigenvalue weighted by Crippen LogP contribution is 2.19. The minimum atomic E-state index is 0.968. The summed E-state index contributed by atoms with van der Waals surface area (Å²) in [6, 6.07) is 0. The van der Waals surface area contributed by atoms with Gasteiger partial charge in [0.1, 0.15) is 0 Å². The molecular weight excluding hydrogens is 396 g/mol. The average Bonchev–Trinajstić information content (AvgIpc) is 2.82. The Kier molecular flexibility index (Phi) is 30.0. The molecule has 0 heterocycles. The van der Waals surface area contributed by atoms with Gasteiger partial charge in [0.15, 0.2) is 0 Å². The van der Waals surface area contributed by atoms with Gasteiger partial charge in [-0.3, -0.25) is 0 Å². The van der Waals surface area contributed by atoms with Crippen molar-refractivity contribution in [2.24, 2.45) is 5.92 Å². The molecule has 0 fully saturated rings. The second-order valence-electron chi connectivity index (χ2n) is 11.5. The first-order valence-corrected chi connectivity index (χ1v) is 16.3. The SMILES string of the molecule is CCCCCCCCCCCCCCCCC(C)CCCCCCCCCCCCCCC. The summed E-state index contributed by atoms with van der Waals surface area (Å²) in [6.07, 6.45) is 42.7. The first-order valence-electron chi connectivity index (χ1n) is 16.3. The molecular formula is C33H68. The summed E-state index contributed by atoms with van der Waals surface area (Å²) in [6.45, 7) is 7.12. The van der Waals surface area contributed by atoms with Crippen LogP contribution in [0, 0.1) is 5.92 Å². The zero-order chi connectivity index (χ0) is 24.1. The van der Waals surface area contributed by atoms with Gasteiger partial charge in [-0.1, -0.05) is 207 Å². The maximum atomic E-state index is 2.50. The van der Waals surface area contributed by atoms with Gasteiger partial charge in [-0.25, -0.2) is 0 Å². The summed E-state index contributed by atoms with van der Waals surface area (Å²) in [7, 11) is 0. The van der Waals surface area contributed by atoms with E-state index in [0.717, 1.165) is 5.92 Å². The molecule has 0 nitrogen and oxygen atoms in total. The first kappa shape index (κ1) is 33.0. The molecule has 0 heteroatoms. The predicted molar refractivity (Wildman–Crippen MR) is 154 cm³/mol. The number of unbranched alkanes of at least 4 members (excludes halogenated alkanes) is 25. The molecule has 1 unspecified atom stereocenters. The quantitative estimate of drug-likeness (QED) is 0.0965. The van der Waals surface area contributed by atoms with Crippen molar-refractivity contribution in [1.29, 1.82) is 0 Å². The van der Waals surface area contributed by atoms with E-state index in [1.54, 1.807) is 0 Å². The Labute approximate surface area is 212 Å². The van der Waals surface area contributed by atoms with Crippen LogP contribution in [-0.2, 0) is 0 Å². The van der Waals surface area contributed by atoms with Crippen LogP contribution in [-0.4, -0.2) is 0 Å². The van der Waals surface area contributed by atoms with E-state index in [1.165, 1.54) is 186 Å². The second kappa shape index (κ2) is 30.0. The van der Waals surface area contributed by atoms with Crippen molar-refractivity contribution in [3.63, 3.8) is 0 Å². The fraction of sp³-hybridized carbons (Fsp3) is 1.00. The largest absolute Gasteiger partial charge is 0.0654 e. The Morgan fingerprint density at radius 3 is 0.667 bits per heavy atom. The van der Waals surface area contributed by atoms with Crippen molar-refractivity contribution < 1.29 is 0 Å². The van der Waals surface area contributed by atoms with Crippen LogP contribution in [0.4, 0.5) is 0 Å². The smallest absolute Gasteiger partial charge is 0.0443 e. The molecule has 0 saturated carbocycles. The van der Waals surface area contributed by atoms with Crippen LogP contribution < -0.4 is 0 Å². The molecule has 0 N–H and O–H groups in total. The van der Waals surface area contributed by atoms with Gasteiger partial charge in [0.25, 0.3) is 0 Å². The highest BCUT2D eigenvalue weighted by Gasteiger charge is 2.02. The minimum Gasteiger partial charge on any atom is -0.0654 e. The van der Waals surface area contributed by atoms with Crippen LogP contribution in [0.5, 0.6) is 0 Å². The van der Waals surface area contributed by atoms with Crippen LogP contribution in [0.15, 0.2) is 0 Å². The minimum absolute atomic E-state index is 0.968. The Bertz CT molecular complexity index is 320. The van der Waals surface area contributed by atoms with Crippen molar-refractivity contribution in [3.8, 4) is 0 Å². The van der Waals surface area contributed by atoms with Crippen molar-refractivity contribution in [2.75, 3.05) is 0 Å². The molecule has 1 atom stereocenters. The van der Waals surface area contributed by atoms with E-state index in [-0.39, 0.29) is 0 Å². The lowest BCUT2D eigenvalue weighted by molar-refractivity contribution is 0.429. The summed E-state index contributed by atoms with van der Waals surface area (Å²) in [4.78, 5) is 0. The maximum absolute atomic E-state index is 2.50. The first-order chi connectivity index (χ1) is 16.3. The summed E-state index contributed by atoms with van der Waals surface area (Å²) >= 11 is 0. The summed E-state index contributed by atoms with van der Waals surface area (Å²) in [5.41, 5.74) is 0. The van der Waals surface area contributed by atoms with E-state index in [0.29, 0.717) is 0 Å². The lowest BCUT2D eigenvalue weighted by atomic mass is 9.95. The molecule has 0 aliphatic carbocycles. The van der Waals surface area contributed by atoms with E-state index in [2.05, 4.69) is 20.8 Å². The average molecular weight is 465 g/mol. The molecule has 0 bridgehead atoms. The molecule has 200 valence electrons. The summed E-state index contributed by atoms with van der Waals surface area (Å²) in [5.74, 6) is 0.968. The lowest BCUT2D eigenvalue weighted by Crippen LogP contribution is -1.95. The van der Waals surface area contributed by atoms with Crippen molar-refractivity contribution in [2.45, 2.75) is 207 Å². The Morgan fingerprint density at radius 1 is 0.273 bits per heavy atom. The van der Waals surface area contributed by atoms with Gasteiger partial charge in [0.2, 0.25) is 0 Å². The Morgan fingerprint density at radius 2 is 0.455 bits per heavy atom. The highest BCUT2D eigenvalue weighted by molar-refractivity contribution is 4.56. The third-order valence-electron chi connectivity index (χ3n) is 7.85. The molecule has 0 radical (unpaired) electrons. The molecule has 0 aliphatic rings. The molecule has 0 spiro atoms. The standard InChI is InChI=1S/C33H68/c1-4-6-8-10-12-14-16-18-20-22-24-26-28-30-32-33(3)31-29-27-25-23-21-19-17-15-13-11-9-7-5-2/h33H,4-32H2,1-3H3. The molecule has 0 aliphatic heterocycles. The van der Waals surface area contributed by atoms with Crippen LogP contribution in [0.2, 0.25) is 0 Å².